The van der Waals surface area contributed by atoms with E-state index in [0.29, 0.717) is 0 Å². The lowest BCUT2D eigenvalue weighted by Gasteiger charge is -2.25. The van der Waals surface area contributed by atoms with E-state index in [9.17, 15) is 0 Å². The molecule has 0 radical (unpaired) electrons. The Hall–Kier alpha value is 0.190. The van der Waals surface area contributed by atoms with Crippen LogP contribution < -0.4 is 5.32 Å². The minimum atomic E-state index is 0.200. The van der Waals surface area contributed by atoms with Crippen LogP contribution in [0.1, 0.15) is 11.7 Å². The summed E-state index contributed by atoms with van der Waals surface area (Å²) in [5, 5.41) is 3.39. The largest absolute Gasteiger partial charge is 0.371 e. The number of ether oxygens (including phenoxy) is 1. The molecule has 100 valence electrons. The first-order chi connectivity index (χ1) is 8.80. The topological polar surface area (TPSA) is 21.3 Å². The van der Waals surface area contributed by atoms with Crippen molar-refractivity contribution in [3.63, 3.8) is 0 Å². The Bertz CT molecular complexity index is 380. The van der Waals surface area contributed by atoms with Gasteiger partial charge in [-0.2, -0.15) is 0 Å². The molecule has 0 spiro atoms. The fourth-order valence-corrected chi connectivity index (χ4v) is 4.75. The molecule has 1 aliphatic heterocycles. The standard InChI is InChI=1S/C13H19NOS3/c1-16-11-6-9(10-8-14-4-5-15-10)7-12(17-2)13(11)18-3/h6-7,10,14H,4-5,8H2,1-3H3. The molecule has 0 bridgehead atoms. The SMILES string of the molecule is CSc1cc(C2CNCCO2)cc(SC)c1SC. The summed E-state index contributed by atoms with van der Waals surface area (Å²) in [5.41, 5.74) is 1.30. The zero-order valence-corrected chi connectivity index (χ0v) is 13.4. The molecule has 0 amide bonds. The number of hydrogen-bond acceptors (Lipinski definition) is 5. The molecule has 1 aliphatic rings. The van der Waals surface area contributed by atoms with Crippen LogP contribution in [0, 0.1) is 0 Å². The van der Waals surface area contributed by atoms with Gasteiger partial charge in [0.2, 0.25) is 0 Å². The highest BCUT2D eigenvalue weighted by molar-refractivity contribution is 8.03. The van der Waals surface area contributed by atoms with Crippen LogP contribution in [0.3, 0.4) is 0 Å². The van der Waals surface area contributed by atoms with Crippen molar-refractivity contribution in [2.45, 2.75) is 20.8 Å². The minimum absolute atomic E-state index is 0.200. The first kappa shape index (κ1) is 14.6. The van der Waals surface area contributed by atoms with Gasteiger partial charge in [0.15, 0.2) is 0 Å². The van der Waals surface area contributed by atoms with Gasteiger partial charge < -0.3 is 10.1 Å². The second kappa shape index (κ2) is 7.10. The van der Waals surface area contributed by atoms with Crippen molar-refractivity contribution in [1.29, 1.82) is 0 Å². The number of nitrogens with one attached hydrogen (secondary N) is 1. The van der Waals surface area contributed by atoms with Gasteiger partial charge in [-0.05, 0) is 36.5 Å². The molecule has 1 fully saturated rings. The van der Waals surface area contributed by atoms with E-state index in [-0.39, 0.29) is 6.10 Å². The van der Waals surface area contributed by atoms with Gasteiger partial charge in [-0.25, -0.2) is 0 Å². The van der Waals surface area contributed by atoms with Gasteiger partial charge in [0, 0.05) is 27.8 Å². The second-order valence-electron chi connectivity index (χ2n) is 4.02. The molecule has 2 rings (SSSR count). The molecule has 0 aromatic heterocycles. The van der Waals surface area contributed by atoms with Crippen molar-refractivity contribution in [1.82, 2.24) is 5.32 Å². The van der Waals surface area contributed by atoms with Gasteiger partial charge in [0.05, 0.1) is 12.7 Å². The highest BCUT2D eigenvalue weighted by atomic mass is 32.2. The molecular formula is C13H19NOS3. The maximum absolute atomic E-state index is 5.85. The van der Waals surface area contributed by atoms with Gasteiger partial charge in [-0.15, -0.1) is 35.3 Å². The van der Waals surface area contributed by atoms with Crippen LogP contribution >= 0.6 is 35.3 Å². The van der Waals surface area contributed by atoms with E-state index in [0.717, 1.165) is 19.7 Å². The second-order valence-corrected chi connectivity index (χ2v) is 6.53. The van der Waals surface area contributed by atoms with Crippen molar-refractivity contribution in [3.05, 3.63) is 17.7 Å². The summed E-state index contributed by atoms with van der Waals surface area (Å²) in [4.78, 5) is 4.11. The molecule has 1 heterocycles. The lowest BCUT2D eigenvalue weighted by Crippen LogP contribution is -2.33. The van der Waals surface area contributed by atoms with Crippen LogP contribution in [0.15, 0.2) is 26.8 Å². The number of benzene rings is 1. The normalized spacial score (nSPS) is 20.1. The molecule has 0 aliphatic carbocycles. The van der Waals surface area contributed by atoms with Crippen LogP contribution in [0.25, 0.3) is 0 Å². The van der Waals surface area contributed by atoms with E-state index in [1.807, 2.05) is 35.3 Å². The van der Waals surface area contributed by atoms with Crippen molar-refractivity contribution < 1.29 is 4.74 Å². The number of rotatable bonds is 4. The summed E-state index contributed by atoms with van der Waals surface area (Å²) < 4.78 is 5.85. The molecule has 1 N–H and O–H groups in total. The molecular weight excluding hydrogens is 282 g/mol. The van der Waals surface area contributed by atoms with Crippen molar-refractivity contribution in [2.24, 2.45) is 0 Å². The summed E-state index contributed by atoms with van der Waals surface area (Å²) in [6, 6.07) is 4.57. The molecule has 1 unspecified atom stereocenters. The van der Waals surface area contributed by atoms with Crippen LogP contribution in [-0.2, 0) is 4.74 Å². The zero-order chi connectivity index (χ0) is 13.0. The van der Waals surface area contributed by atoms with E-state index in [1.165, 1.54) is 20.2 Å². The summed E-state index contributed by atoms with van der Waals surface area (Å²) >= 11 is 5.46. The van der Waals surface area contributed by atoms with Crippen molar-refractivity contribution in [2.75, 3.05) is 38.5 Å². The van der Waals surface area contributed by atoms with Gasteiger partial charge in [-0.1, -0.05) is 0 Å². The monoisotopic (exact) mass is 301 g/mol. The smallest absolute Gasteiger partial charge is 0.0950 e. The molecule has 1 atom stereocenters. The summed E-state index contributed by atoms with van der Waals surface area (Å²) in [6.45, 7) is 2.68. The molecule has 1 aromatic carbocycles. The number of thioether (sulfide) groups is 3. The van der Waals surface area contributed by atoms with Gasteiger partial charge in [0.1, 0.15) is 0 Å². The third-order valence-electron chi connectivity index (χ3n) is 2.99. The molecule has 1 aromatic rings. The first-order valence-electron chi connectivity index (χ1n) is 5.92. The van der Waals surface area contributed by atoms with Crippen LogP contribution in [0.4, 0.5) is 0 Å². The fourth-order valence-electron chi connectivity index (χ4n) is 2.07. The predicted octanol–water partition coefficient (Wildman–Crippen LogP) is 3.51. The van der Waals surface area contributed by atoms with Crippen LogP contribution in [-0.4, -0.2) is 38.5 Å². The average molecular weight is 302 g/mol. The summed E-state index contributed by atoms with van der Waals surface area (Å²) in [7, 11) is 0. The third kappa shape index (κ3) is 3.20. The van der Waals surface area contributed by atoms with E-state index >= 15 is 0 Å². The van der Waals surface area contributed by atoms with Gasteiger partial charge >= 0.3 is 0 Å². The van der Waals surface area contributed by atoms with E-state index in [1.54, 1.807) is 0 Å². The zero-order valence-electron chi connectivity index (χ0n) is 11.0. The minimum Gasteiger partial charge on any atom is -0.371 e. The van der Waals surface area contributed by atoms with Gasteiger partial charge in [0.25, 0.3) is 0 Å². The molecule has 5 heteroatoms. The number of hydrogen-bond donors (Lipinski definition) is 1. The van der Waals surface area contributed by atoms with Crippen molar-refractivity contribution in [3.8, 4) is 0 Å². The Morgan fingerprint density at radius 3 is 2.22 bits per heavy atom. The lowest BCUT2D eigenvalue weighted by atomic mass is 10.1. The molecule has 2 nitrogen and oxygen atoms in total. The van der Waals surface area contributed by atoms with Crippen LogP contribution in [0.5, 0.6) is 0 Å². The number of morpholine rings is 1. The Labute approximate surface area is 122 Å². The first-order valence-corrected chi connectivity index (χ1v) is 9.59. The highest BCUT2D eigenvalue weighted by Gasteiger charge is 2.19. The summed E-state index contributed by atoms with van der Waals surface area (Å²) in [6.07, 6.45) is 6.63. The van der Waals surface area contributed by atoms with Crippen molar-refractivity contribution >= 4 is 35.3 Å². The quantitative estimate of drug-likeness (QED) is 0.857. The molecule has 18 heavy (non-hydrogen) atoms. The predicted molar refractivity (Wildman–Crippen MR) is 83.3 cm³/mol. The maximum Gasteiger partial charge on any atom is 0.0950 e. The summed E-state index contributed by atoms with van der Waals surface area (Å²) in [5.74, 6) is 0. The van der Waals surface area contributed by atoms with Gasteiger partial charge in [-0.3, -0.25) is 0 Å². The Balaban J connectivity index is 2.35. The lowest BCUT2D eigenvalue weighted by molar-refractivity contribution is 0.0274. The van der Waals surface area contributed by atoms with E-state index < -0.39 is 0 Å². The average Bonchev–Trinajstić information content (AvgIpc) is 2.46. The Morgan fingerprint density at radius 2 is 1.78 bits per heavy atom. The third-order valence-corrected chi connectivity index (χ3v) is 5.62. The highest BCUT2D eigenvalue weighted by Crippen LogP contribution is 2.39. The molecule has 0 saturated carbocycles. The van der Waals surface area contributed by atoms with Crippen LogP contribution in [0.2, 0.25) is 0 Å². The van der Waals surface area contributed by atoms with E-state index in [2.05, 4.69) is 36.2 Å². The Kier molecular flexibility index (Phi) is 5.76. The fraction of sp³-hybridized carbons (Fsp3) is 0.538. The maximum atomic E-state index is 5.85. The molecule has 1 saturated heterocycles. The van der Waals surface area contributed by atoms with E-state index in [4.69, 9.17) is 4.74 Å². The Morgan fingerprint density at radius 1 is 1.11 bits per heavy atom.